The van der Waals surface area contributed by atoms with Crippen LogP contribution in [0, 0.1) is 5.92 Å². The SMILES string of the molecule is CNc1cccc(CN(C)CCC2CCC2)c1. The van der Waals surface area contributed by atoms with Crippen molar-refractivity contribution < 1.29 is 0 Å². The smallest absolute Gasteiger partial charge is 0.0340 e. The van der Waals surface area contributed by atoms with Crippen LogP contribution in [0.15, 0.2) is 24.3 Å². The largest absolute Gasteiger partial charge is 0.388 e. The fraction of sp³-hybridized carbons (Fsp3) is 0.600. The highest BCUT2D eigenvalue weighted by molar-refractivity contribution is 5.44. The third kappa shape index (κ3) is 3.74. The number of hydrogen-bond acceptors (Lipinski definition) is 2. The maximum Gasteiger partial charge on any atom is 0.0340 e. The van der Waals surface area contributed by atoms with Crippen LogP contribution in [0.3, 0.4) is 0 Å². The van der Waals surface area contributed by atoms with Gasteiger partial charge in [0.2, 0.25) is 0 Å². The predicted octanol–water partition coefficient (Wildman–Crippen LogP) is 3.35. The molecule has 2 nitrogen and oxygen atoms in total. The van der Waals surface area contributed by atoms with E-state index < -0.39 is 0 Å². The number of anilines is 1. The first kappa shape index (κ1) is 12.4. The van der Waals surface area contributed by atoms with Gasteiger partial charge in [0, 0.05) is 19.3 Å². The summed E-state index contributed by atoms with van der Waals surface area (Å²) in [5.74, 6) is 1.01. The molecule has 0 spiro atoms. The van der Waals surface area contributed by atoms with Gasteiger partial charge in [-0.1, -0.05) is 31.4 Å². The van der Waals surface area contributed by atoms with Gasteiger partial charge in [-0.3, -0.25) is 0 Å². The Kier molecular flexibility index (Phi) is 4.43. The number of benzene rings is 1. The molecule has 17 heavy (non-hydrogen) atoms. The topological polar surface area (TPSA) is 15.3 Å². The Hall–Kier alpha value is -1.02. The summed E-state index contributed by atoms with van der Waals surface area (Å²) in [5, 5.41) is 3.19. The Bertz CT molecular complexity index is 345. The Morgan fingerprint density at radius 1 is 1.35 bits per heavy atom. The predicted molar refractivity (Wildman–Crippen MR) is 74.3 cm³/mol. The standard InChI is InChI=1S/C15H24N2/c1-16-15-8-4-7-14(11-15)12-17(2)10-9-13-5-3-6-13/h4,7-8,11,13,16H,3,5-6,9-10,12H2,1-2H3. The summed E-state index contributed by atoms with van der Waals surface area (Å²) in [5.41, 5.74) is 2.60. The van der Waals surface area contributed by atoms with E-state index in [0.29, 0.717) is 0 Å². The van der Waals surface area contributed by atoms with E-state index in [-0.39, 0.29) is 0 Å². The maximum atomic E-state index is 3.19. The molecule has 0 atom stereocenters. The van der Waals surface area contributed by atoms with Gasteiger partial charge in [0.15, 0.2) is 0 Å². The molecule has 0 bridgehead atoms. The van der Waals surface area contributed by atoms with Crippen molar-refractivity contribution in [2.45, 2.75) is 32.2 Å². The van der Waals surface area contributed by atoms with Crippen molar-refractivity contribution in [2.75, 3.05) is 26.0 Å². The molecule has 1 aliphatic rings. The maximum absolute atomic E-state index is 3.19. The first-order valence-corrected chi connectivity index (χ1v) is 6.73. The highest BCUT2D eigenvalue weighted by Gasteiger charge is 2.17. The number of nitrogens with zero attached hydrogens (tertiary/aromatic N) is 1. The Morgan fingerprint density at radius 3 is 2.82 bits per heavy atom. The zero-order valence-electron chi connectivity index (χ0n) is 11.1. The van der Waals surface area contributed by atoms with Crippen molar-refractivity contribution in [3.8, 4) is 0 Å². The molecule has 1 saturated carbocycles. The summed E-state index contributed by atoms with van der Waals surface area (Å²) in [6.45, 7) is 2.29. The highest BCUT2D eigenvalue weighted by atomic mass is 15.1. The molecule has 0 radical (unpaired) electrons. The molecule has 1 aliphatic carbocycles. The van der Waals surface area contributed by atoms with Crippen molar-refractivity contribution >= 4 is 5.69 Å². The highest BCUT2D eigenvalue weighted by Crippen LogP contribution is 2.29. The molecule has 94 valence electrons. The van der Waals surface area contributed by atoms with Gasteiger partial charge in [-0.15, -0.1) is 0 Å². The van der Waals surface area contributed by atoms with Gasteiger partial charge in [-0.25, -0.2) is 0 Å². The van der Waals surface area contributed by atoms with Gasteiger partial charge in [0.25, 0.3) is 0 Å². The fourth-order valence-corrected chi connectivity index (χ4v) is 2.40. The third-order valence-electron chi connectivity index (χ3n) is 3.81. The normalized spacial score (nSPS) is 15.9. The van der Waals surface area contributed by atoms with Crippen LogP contribution in [-0.2, 0) is 6.54 Å². The zero-order valence-corrected chi connectivity index (χ0v) is 11.1. The Balaban J connectivity index is 1.77. The quantitative estimate of drug-likeness (QED) is 0.809. The van der Waals surface area contributed by atoms with Crippen LogP contribution < -0.4 is 5.32 Å². The van der Waals surface area contributed by atoms with Crippen LogP contribution in [0.1, 0.15) is 31.2 Å². The molecular weight excluding hydrogens is 208 g/mol. The van der Waals surface area contributed by atoms with Crippen LogP contribution in [-0.4, -0.2) is 25.5 Å². The summed E-state index contributed by atoms with van der Waals surface area (Å²) in [6, 6.07) is 8.68. The molecule has 1 N–H and O–H groups in total. The van der Waals surface area contributed by atoms with E-state index in [1.807, 2.05) is 7.05 Å². The molecular formula is C15H24N2. The monoisotopic (exact) mass is 232 g/mol. The van der Waals surface area contributed by atoms with Crippen molar-refractivity contribution in [2.24, 2.45) is 5.92 Å². The molecule has 2 rings (SSSR count). The van der Waals surface area contributed by atoms with E-state index in [9.17, 15) is 0 Å². The molecule has 0 aliphatic heterocycles. The van der Waals surface area contributed by atoms with Crippen LogP contribution in [0.25, 0.3) is 0 Å². The van der Waals surface area contributed by atoms with E-state index in [0.717, 1.165) is 12.5 Å². The minimum atomic E-state index is 1.01. The number of rotatable bonds is 6. The van der Waals surface area contributed by atoms with Crippen LogP contribution in [0.4, 0.5) is 5.69 Å². The lowest BCUT2D eigenvalue weighted by molar-refractivity contribution is 0.235. The summed E-state index contributed by atoms with van der Waals surface area (Å²) in [7, 11) is 4.20. The van der Waals surface area contributed by atoms with Crippen molar-refractivity contribution in [1.82, 2.24) is 4.90 Å². The molecule has 0 saturated heterocycles. The number of nitrogens with one attached hydrogen (secondary N) is 1. The molecule has 0 aromatic heterocycles. The zero-order chi connectivity index (χ0) is 12.1. The minimum absolute atomic E-state index is 1.01. The van der Waals surface area contributed by atoms with Crippen molar-refractivity contribution in [3.05, 3.63) is 29.8 Å². The first-order chi connectivity index (χ1) is 8.28. The second-order valence-corrected chi connectivity index (χ2v) is 5.27. The van der Waals surface area contributed by atoms with Crippen molar-refractivity contribution in [1.29, 1.82) is 0 Å². The van der Waals surface area contributed by atoms with Gasteiger partial charge in [-0.2, -0.15) is 0 Å². The third-order valence-corrected chi connectivity index (χ3v) is 3.81. The number of hydrogen-bond donors (Lipinski definition) is 1. The first-order valence-electron chi connectivity index (χ1n) is 6.73. The van der Waals surface area contributed by atoms with E-state index >= 15 is 0 Å². The van der Waals surface area contributed by atoms with Crippen LogP contribution >= 0.6 is 0 Å². The lowest BCUT2D eigenvalue weighted by atomic mass is 9.83. The summed E-state index contributed by atoms with van der Waals surface area (Å²) in [6.07, 6.45) is 5.76. The molecule has 0 unspecified atom stereocenters. The van der Waals surface area contributed by atoms with Gasteiger partial charge in [0.1, 0.15) is 0 Å². The fourth-order valence-electron chi connectivity index (χ4n) is 2.40. The summed E-state index contributed by atoms with van der Waals surface area (Å²) < 4.78 is 0. The van der Waals surface area contributed by atoms with Gasteiger partial charge in [0.05, 0.1) is 0 Å². The average Bonchev–Trinajstić information content (AvgIpc) is 2.27. The lowest BCUT2D eigenvalue weighted by Gasteiger charge is -2.27. The molecule has 2 heteroatoms. The Morgan fingerprint density at radius 2 is 2.18 bits per heavy atom. The minimum Gasteiger partial charge on any atom is -0.388 e. The second-order valence-electron chi connectivity index (χ2n) is 5.27. The summed E-state index contributed by atoms with van der Waals surface area (Å²) >= 11 is 0. The van der Waals surface area contributed by atoms with E-state index in [4.69, 9.17) is 0 Å². The van der Waals surface area contributed by atoms with Crippen molar-refractivity contribution in [3.63, 3.8) is 0 Å². The van der Waals surface area contributed by atoms with E-state index in [1.54, 1.807) is 0 Å². The molecule has 1 fully saturated rings. The van der Waals surface area contributed by atoms with Gasteiger partial charge in [-0.05, 0) is 43.6 Å². The van der Waals surface area contributed by atoms with Crippen LogP contribution in [0.2, 0.25) is 0 Å². The molecule has 1 aromatic carbocycles. The lowest BCUT2D eigenvalue weighted by Crippen LogP contribution is -2.23. The second kappa shape index (κ2) is 6.06. The van der Waals surface area contributed by atoms with Crippen LogP contribution in [0.5, 0.6) is 0 Å². The van der Waals surface area contributed by atoms with Gasteiger partial charge < -0.3 is 10.2 Å². The van der Waals surface area contributed by atoms with E-state index in [1.165, 1.54) is 43.5 Å². The Labute approximate surface area is 105 Å². The van der Waals surface area contributed by atoms with E-state index in [2.05, 4.69) is 41.5 Å². The molecule has 0 heterocycles. The molecule has 0 amide bonds. The molecule has 1 aromatic rings. The summed E-state index contributed by atoms with van der Waals surface area (Å²) in [4.78, 5) is 2.44. The van der Waals surface area contributed by atoms with Gasteiger partial charge >= 0.3 is 0 Å². The average molecular weight is 232 g/mol.